The molecule has 0 spiro atoms. The SMILES string of the molecule is COC(=O)c1ccc2c(c1)nc(Cl)c1cnccc12. The molecule has 1 aromatic carbocycles. The van der Waals surface area contributed by atoms with Crippen molar-refractivity contribution in [2.45, 2.75) is 0 Å². The van der Waals surface area contributed by atoms with Crippen LogP contribution in [0, 0.1) is 0 Å². The number of aromatic nitrogens is 2. The molecule has 0 fully saturated rings. The van der Waals surface area contributed by atoms with Gasteiger partial charge in [-0.2, -0.15) is 0 Å². The van der Waals surface area contributed by atoms with Crippen LogP contribution in [-0.2, 0) is 4.74 Å². The Balaban J connectivity index is 2.37. The van der Waals surface area contributed by atoms with Crippen molar-refractivity contribution in [1.82, 2.24) is 9.97 Å². The summed E-state index contributed by atoms with van der Waals surface area (Å²) in [6, 6.07) is 7.10. The number of carbonyl (C=O) groups excluding carboxylic acids is 1. The average Bonchev–Trinajstić information content (AvgIpc) is 2.46. The molecule has 2 aromatic heterocycles. The lowest BCUT2D eigenvalue weighted by Gasteiger charge is -2.06. The lowest BCUT2D eigenvalue weighted by Crippen LogP contribution is -2.01. The maximum Gasteiger partial charge on any atom is 0.337 e. The standard InChI is InChI=1S/C14H9ClN2O2/c1-19-14(18)8-2-3-10-9-4-5-16-7-11(9)13(15)17-12(10)6-8/h2-7H,1H3. The smallest absolute Gasteiger partial charge is 0.337 e. The summed E-state index contributed by atoms with van der Waals surface area (Å²) >= 11 is 6.13. The van der Waals surface area contributed by atoms with Crippen molar-refractivity contribution in [2.75, 3.05) is 7.11 Å². The van der Waals surface area contributed by atoms with Gasteiger partial charge in [0, 0.05) is 23.2 Å². The van der Waals surface area contributed by atoms with Crippen LogP contribution in [0.3, 0.4) is 0 Å². The van der Waals surface area contributed by atoms with Gasteiger partial charge in [-0.25, -0.2) is 9.78 Å². The zero-order valence-corrected chi connectivity index (χ0v) is 10.8. The number of carbonyl (C=O) groups is 1. The maximum absolute atomic E-state index is 11.5. The number of rotatable bonds is 1. The summed E-state index contributed by atoms with van der Waals surface area (Å²) in [6.07, 6.45) is 3.38. The number of methoxy groups -OCH3 is 1. The van der Waals surface area contributed by atoms with E-state index in [1.165, 1.54) is 7.11 Å². The minimum Gasteiger partial charge on any atom is -0.465 e. The Morgan fingerprint density at radius 1 is 1.21 bits per heavy atom. The molecule has 0 aliphatic heterocycles. The lowest BCUT2D eigenvalue weighted by atomic mass is 10.1. The second-order valence-corrected chi connectivity index (χ2v) is 4.41. The quantitative estimate of drug-likeness (QED) is 0.388. The molecule has 4 nitrogen and oxygen atoms in total. The molecule has 0 atom stereocenters. The van der Waals surface area contributed by atoms with Crippen LogP contribution in [0.2, 0.25) is 5.15 Å². The molecule has 0 saturated heterocycles. The molecule has 0 radical (unpaired) electrons. The van der Waals surface area contributed by atoms with Gasteiger partial charge in [0.25, 0.3) is 0 Å². The Bertz CT molecular complexity index is 802. The molecule has 0 saturated carbocycles. The van der Waals surface area contributed by atoms with E-state index in [1.807, 2.05) is 12.1 Å². The molecule has 19 heavy (non-hydrogen) atoms. The number of esters is 1. The van der Waals surface area contributed by atoms with Crippen molar-refractivity contribution in [3.8, 4) is 0 Å². The van der Waals surface area contributed by atoms with E-state index in [4.69, 9.17) is 16.3 Å². The number of fused-ring (bicyclic) bond motifs is 3. The van der Waals surface area contributed by atoms with E-state index in [9.17, 15) is 4.79 Å². The third-order valence-electron chi connectivity index (χ3n) is 2.97. The van der Waals surface area contributed by atoms with Crippen LogP contribution < -0.4 is 0 Å². The van der Waals surface area contributed by atoms with Gasteiger partial charge in [0.1, 0.15) is 5.15 Å². The van der Waals surface area contributed by atoms with Gasteiger partial charge in [0.15, 0.2) is 0 Å². The highest BCUT2D eigenvalue weighted by Gasteiger charge is 2.10. The Morgan fingerprint density at radius 3 is 2.84 bits per heavy atom. The van der Waals surface area contributed by atoms with E-state index < -0.39 is 5.97 Å². The zero-order chi connectivity index (χ0) is 13.4. The van der Waals surface area contributed by atoms with Crippen LogP contribution in [0.5, 0.6) is 0 Å². The highest BCUT2D eigenvalue weighted by molar-refractivity contribution is 6.35. The molecule has 0 aliphatic rings. The molecule has 0 bridgehead atoms. The minimum absolute atomic E-state index is 0.373. The van der Waals surface area contributed by atoms with Gasteiger partial charge in [-0.3, -0.25) is 4.98 Å². The zero-order valence-electron chi connectivity index (χ0n) is 10.1. The van der Waals surface area contributed by atoms with Gasteiger partial charge in [0.2, 0.25) is 0 Å². The first-order chi connectivity index (χ1) is 9.20. The van der Waals surface area contributed by atoms with Crippen molar-refractivity contribution in [2.24, 2.45) is 0 Å². The number of halogens is 1. The monoisotopic (exact) mass is 272 g/mol. The second-order valence-electron chi connectivity index (χ2n) is 4.05. The highest BCUT2D eigenvalue weighted by atomic mass is 35.5. The van der Waals surface area contributed by atoms with Gasteiger partial charge in [-0.1, -0.05) is 17.7 Å². The van der Waals surface area contributed by atoms with Gasteiger partial charge in [-0.15, -0.1) is 0 Å². The maximum atomic E-state index is 11.5. The number of benzene rings is 1. The van der Waals surface area contributed by atoms with E-state index in [0.29, 0.717) is 16.2 Å². The van der Waals surface area contributed by atoms with Crippen molar-refractivity contribution < 1.29 is 9.53 Å². The molecular formula is C14H9ClN2O2. The van der Waals surface area contributed by atoms with E-state index >= 15 is 0 Å². The lowest BCUT2D eigenvalue weighted by molar-refractivity contribution is 0.0601. The predicted molar refractivity (Wildman–Crippen MR) is 73.4 cm³/mol. The van der Waals surface area contributed by atoms with Gasteiger partial charge in [0.05, 0.1) is 18.2 Å². The topological polar surface area (TPSA) is 52.1 Å². The third kappa shape index (κ3) is 1.90. The van der Waals surface area contributed by atoms with E-state index in [-0.39, 0.29) is 0 Å². The fourth-order valence-corrected chi connectivity index (χ4v) is 2.30. The summed E-state index contributed by atoms with van der Waals surface area (Å²) in [4.78, 5) is 19.9. The Morgan fingerprint density at radius 2 is 2.05 bits per heavy atom. The van der Waals surface area contributed by atoms with Crippen LogP contribution in [-0.4, -0.2) is 23.0 Å². The second kappa shape index (κ2) is 4.48. The predicted octanol–water partition coefficient (Wildman–Crippen LogP) is 3.22. The van der Waals surface area contributed by atoms with Gasteiger partial charge >= 0.3 is 5.97 Å². The van der Waals surface area contributed by atoms with Crippen LogP contribution in [0.1, 0.15) is 10.4 Å². The molecule has 5 heteroatoms. The van der Waals surface area contributed by atoms with Crippen LogP contribution in [0.15, 0.2) is 36.7 Å². The normalized spacial score (nSPS) is 10.8. The molecule has 2 heterocycles. The van der Waals surface area contributed by atoms with Crippen LogP contribution >= 0.6 is 11.6 Å². The summed E-state index contributed by atoms with van der Waals surface area (Å²) in [5.74, 6) is -0.394. The Kier molecular flexibility index (Phi) is 2.80. The molecule has 3 rings (SSSR count). The molecule has 0 N–H and O–H groups in total. The van der Waals surface area contributed by atoms with Crippen molar-refractivity contribution in [3.05, 3.63) is 47.4 Å². The number of pyridine rings is 2. The Labute approximate surface area is 114 Å². The van der Waals surface area contributed by atoms with Crippen molar-refractivity contribution >= 4 is 39.2 Å². The van der Waals surface area contributed by atoms with Crippen LogP contribution in [0.4, 0.5) is 0 Å². The van der Waals surface area contributed by atoms with E-state index in [1.54, 1.807) is 24.5 Å². The number of nitrogens with zero attached hydrogens (tertiary/aromatic N) is 2. The summed E-state index contributed by atoms with van der Waals surface area (Å²) in [6.45, 7) is 0. The number of hydrogen-bond acceptors (Lipinski definition) is 4. The fraction of sp³-hybridized carbons (Fsp3) is 0.0714. The van der Waals surface area contributed by atoms with Crippen molar-refractivity contribution in [1.29, 1.82) is 0 Å². The molecular weight excluding hydrogens is 264 g/mol. The first kappa shape index (κ1) is 11.9. The highest BCUT2D eigenvalue weighted by Crippen LogP contribution is 2.28. The molecule has 94 valence electrons. The summed E-state index contributed by atoms with van der Waals surface area (Å²) in [5, 5.41) is 3.05. The molecule has 3 aromatic rings. The van der Waals surface area contributed by atoms with Crippen molar-refractivity contribution in [3.63, 3.8) is 0 Å². The fourth-order valence-electron chi connectivity index (χ4n) is 2.06. The van der Waals surface area contributed by atoms with Crippen LogP contribution in [0.25, 0.3) is 21.7 Å². The number of hydrogen-bond donors (Lipinski definition) is 0. The van der Waals surface area contributed by atoms with E-state index in [0.717, 1.165) is 16.2 Å². The van der Waals surface area contributed by atoms with E-state index in [2.05, 4.69) is 9.97 Å². The molecule has 0 aliphatic carbocycles. The molecule has 0 unspecified atom stereocenters. The first-order valence-corrected chi connectivity index (χ1v) is 6.00. The molecule has 0 amide bonds. The van der Waals surface area contributed by atoms with Gasteiger partial charge < -0.3 is 4.74 Å². The third-order valence-corrected chi connectivity index (χ3v) is 3.26. The Hall–Kier alpha value is -2.20. The summed E-state index contributed by atoms with van der Waals surface area (Å²) < 4.78 is 4.69. The first-order valence-electron chi connectivity index (χ1n) is 5.62. The summed E-state index contributed by atoms with van der Waals surface area (Å²) in [5.41, 5.74) is 1.11. The number of ether oxygens (including phenoxy) is 1. The average molecular weight is 273 g/mol. The minimum atomic E-state index is -0.394. The summed E-state index contributed by atoms with van der Waals surface area (Å²) in [7, 11) is 1.35. The largest absolute Gasteiger partial charge is 0.465 e. The van der Waals surface area contributed by atoms with Gasteiger partial charge in [-0.05, 0) is 23.6 Å².